The smallest absolute Gasteiger partial charge is 0.206 e. The van der Waals surface area contributed by atoms with Gasteiger partial charge in [-0.3, -0.25) is 9.13 Å². The Labute approximate surface area is 259 Å². The molecule has 2 unspecified atom stereocenters. The Bertz CT molecular complexity index is 1850. The van der Waals surface area contributed by atoms with Gasteiger partial charge in [0.05, 0.1) is 23.1 Å². The second-order valence-electron chi connectivity index (χ2n) is 11.8. The molecule has 0 heterocycles. The Morgan fingerprint density at radius 2 is 1.16 bits per heavy atom. The van der Waals surface area contributed by atoms with Crippen LogP contribution in [0, 0.1) is 6.92 Å². The molecular weight excluding hydrogens is 618 g/mol. The molecule has 4 aromatic rings. The first-order valence-corrected chi connectivity index (χ1v) is 19.9. The number of rotatable bonds is 11. The maximum absolute atomic E-state index is 13.1. The van der Waals surface area contributed by atoms with Crippen molar-refractivity contribution in [2.75, 3.05) is 20.4 Å². The highest BCUT2D eigenvalue weighted by atomic mass is 32.2. The quantitative estimate of drug-likeness (QED) is 0.157. The molecule has 4 rings (SSSR count). The van der Waals surface area contributed by atoms with Crippen molar-refractivity contribution in [3.8, 4) is 17.2 Å². The fraction of sp³-hybridized carbons (Fsp3) is 0.273. The third-order valence-corrected chi connectivity index (χ3v) is 11.2. The summed E-state index contributed by atoms with van der Waals surface area (Å²) in [5, 5.41) is 0. The van der Waals surface area contributed by atoms with E-state index in [-0.39, 0.29) is 22.1 Å². The van der Waals surface area contributed by atoms with Crippen LogP contribution in [-0.2, 0) is 36.7 Å². The molecule has 234 valence electrons. The third kappa shape index (κ3) is 8.09. The standard InChI is InChI=1S/C33H38O8P2S/c1-23-7-8-26(19-24(23)21-42(5,34)35)33(2,3)27-9-18-32(25(20-27)22-43(6,36)37)41-29-12-16-31(17-13-29)44(38,39)30-14-10-28(40-4)11-15-30/h7-20H,21-22H2,1-6H3,(H,34,35)(H,36,37). The van der Waals surface area contributed by atoms with E-state index in [2.05, 4.69) is 0 Å². The van der Waals surface area contributed by atoms with Gasteiger partial charge < -0.3 is 19.3 Å². The lowest BCUT2D eigenvalue weighted by atomic mass is 9.77. The molecule has 8 nitrogen and oxygen atoms in total. The van der Waals surface area contributed by atoms with Crippen LogP contribution in [0.3, 0.4) is 0 Å². The average Bonchev–Trinajstić information content (AvgIpc) is 2.94. The zero-order valence-corrected chi connectivity index (χ0v) is 28.2. The van der Waals surface area contributed by atoms with Crippen molar-refractivity contribution in [2.45, 2.75) is 48.3 Å². The molecule has 2 atom stereocenters. The van der Waals surface area contributed by atoms with Crippen molar-refractivity contribution < 1.29 is 36.8 Å². The van der Waals surface area contributed by atoms with Crippen molar-refractivity contribution in [3.63, 3.8) is 0 Å². The van der Waals surface area contributed by atoms with Crippen LogP contribution in [-0.4, -0.2) is 38.6 Å². The molecule has 0 saturated carbocycles. The monoisotopic (exact) mass is 656 g/mol. The number of methoxy groups -OCH3 is 1. The molecule has 0 aliphatic carbocycles. The average molecular weight is 657 g/mol. The predicted molar refractivity (Wildman–Crippen MR) is 174 cm³/mol. The van der Waals surface area contributed by atoms with Crippen LogP contribution in [0.2, 0.25) is 0 Å². The van der Waals surface area contributed by atoms with Crippen LogP contribution < -0.4 is 9.47 Å². The van der Waals surface area contributed by atoms with Gasteiger partial charge >= 0.3 is 0 Å². The first-order valence-electron chi connectivity index (χ1n) is 13.9. The molecule has 44 heavy (non-hydrogen) atoms. The van der Waals surface area contributed by atoms with Crippen LogP contribution in [0.5, 0.6) is 17.2 Å². The predicted octanol–water partition coefficient (Wildman–Crippen LogP) is 7.76. The van der Waals surface area contributed by atoms with Gasteiger partial charge in [0.25, 0.3) is 0 Å². The minimum absolute atomic E-state index is 0.0739. The SMILES string of the molecule is COc1ccc(S(=O)(=O)c2ccc(Oc3ccc(C(C)(C)c4ccc(C)c(CP(C)(=O)O)c4)cc3CP(C)(=O)O)cc2)cc1. The Hall–Kier alpha value is -3.19. The Balaban J connectivity index is 1.65. The van der Waals surface area contributed by atoms with Crippen LogP contribution in [0.1, 0.15) is 41.7 Å². The topological polar surface area (TPSA) is 127 Å². The molecule has 0 saturated heterocycles. The summed E-state index contributed by atoms with van der Waals surface area (Å²) in [4.78, 5) is 20.5. The zero-order valence-electron chi connectivity index (χ0n) is 25.6. The number of aryl methyl sites for hydroxylation is 1. The lowest BCUT2D eigenvalue weighted by molar-refractivity contribution is 0.414. The summed E-state index contributed by atoms with van der Waals surface area (Å²) in [5.74, 6) is 1.30. The Kier molecular flexibility index (Phi) is 9.70. The molecular formula is C33H38O8P2S. The first kappa shape index (κ1) is 33.7. The Morgan fingerprint density at radius 3 is 1.66 bits per heavy atom. The van der Waals surface area contributed by atoms with Gasteiger partial charge in [0, 0.05) is 30.5 Å². The molecule has 4 aromatic carbocycles. The van der Waals surface area contributed by atoms with Crippen LogP contribution in [0.15, 0.2) is 94.7 Å². The minimum atomic E-state index is -3.76. The number of benzene rings is 4. The highest BCUT2D eigenvalue weighted by Crippen LogP contribution is 2.45. The fourth-order valence-electron chi connectivity index (χ4n) is 4.93. The molecule has 0 bridgehead atoms. The molecule has 0 amide bonds. The maximum atomic E-state index is 13.1. The number of hydrogen-bond donors (Lipinski definition) is 2. The highest BCUT2D eigenvalue weighted by Gasteiger charge is 2.27. The fourth-order valence-corrected chi connectivity index (χ4v) is 8.04. The summed E-state index contributed by atoms with van der Waals surface area (Å²) < 4.78 is 62.1. The summed E-state index contributed by atoms with van der Waals surface area (Å²) >= 11 is 0. The van der Waals surface area contributed by atoms with E-state index < -0.39 is 30.0 Å². The molecule has 11 heteroatoms. The second-order valence-corrected chi connectivity index (χ2v) is 18.5. The summed E-state index contributed by atoms with van der Waals surface area (Å²) in [7, 11) is -9.03. The van der Waals surface area contributed by atoms with Gasteiger partial charge in [-0.25, -0.2) is 8.42 Å². The van der Waals surface area contributed by atoms with Gasteiger partial charge in [-0.05, 0) is 83.8 Å². The molecule has 0 spiro atoms. The maximum Gasteiger partial charge on any atom is 0.206 e. The molecule has 0 fully saturated rings. The van der Waals surface area contributed by atoms with Gasteiger partial charge in [0.1, 0.15) is 17.2 Å². The van der Waals surface area contributed by atoms with E-state index in [1.807, 2.05) is 51.1 Å². The molecule has 0 radical (unpaired) electrons. The largest absolute Gasteiger partial charge is 0.497 e. The van der Waals surface area contributed by atoms with Crippen LogP contribution in [0.4, 0.5) is 0 Å². The van der Waals surface area contributed by atoms with Gasteiger partial charge in [-0.1, -0.05) is 44.2 Å². The van der Waals surface area contributed by atoms with Crippen molar-refractivity contribution in [2.24, 2.45) is 0 Å². The van der Waals surface area contributed by atoms with Crippen molar-refractivity contribution in [3.05, 3.63) is 113 Å². The lowest BCUT2D eigenvalue weighted by Gasteiger charge is -2.28. The Morgan fingerprint density at radius 1 is 0.705 bits per heavy atom. The molecule has 2 N–H and O–H groups in total. The van der Waals surface area contributed by atoms with Gasteiger partial charge in [-0.2, -0.15) is 0 Å². The van der Waals surface area contributed by atoms with E-state index in [9.17, 15) is 27.3 Å². The van der Waals surface area contributed by atoms with Crippen molar-refractivity contribution >= 4 is 24.6 Å². The summed E-state index contributed by atoms with van der Waals surface area (Å²) in [6, 6.07) is 23.5. The molecule has 0 aromatic heterocycles. The summed E-state index contributed by atoms with van der Waals surface area (Å²) in [5.41, 5.74) is 3.51. The molecule has 0 aliphatic heterocycles. The highest BCUT2D eigenvalue weighted by molar-refractivity contribution is 7.91. The third-order valence-electron chi connectivity index (χ3n) is 7.51. The minimum Gasteiger partial charge on any atom is -0.497 e. The molecule has 0 aliphatic rings. The zero-order chi connectivity index (χ0) is 32.5. The van der Waals surface area contributed by atoms with Gasteiger partial charge in [0.2, 0.25) is 24.6 Å². The van der Waals surface area contributed by atoms with Crippen LogP contribution >= 0.6 is 14.7 Å². The van der Waals surface area contributed by atoms with E-state index >= 15 is 0 Å². The van der Waals surface area contributed by atoms with E-state index in [1.54, 1.807) is 30.3 Å². The number of ether oxygens (including phenoxy) is 2. The van der Waals surface area contributed by atoms with Crippen LogP contribution in [0.25, 0.3) is 0 Å². The first-order chi connectivity index (χ1) is 20.4. The van der Waals surface area contributed by atoms with Gasteiger partial charge in [0.15, 0.2) is 0 Å². The summed E-state index contributed by atoms with van der Waals surface area (Å²) in [6.45, 7) is 8.60. The van der Waals surface area contributed by atoms with Crippen molar-refractivity contribution in [1.29, 1.82) is 0 Å². The van der Waals surface area contributed by atoms with Crippen molar-refractivity contribution in [1.82, 2.24) is 0 Å². The number of sulfone groups is 1. The normalized spacial score (nSPS) is 14.8. The van der Waals surface area contributed by atoms with E-state index in [0.717, 1.165) is 22.3 Å². The lowest BCUT2D eigenvalue weighted by Crippen LogP contribution is -2.20. The number of hydrogen-bond acceptors (Lipinski definition) is 6. The summed E-state index contributed by atoms with van der Waals surface area (Å²) in [6.07, 6.45) is -0.0522. The van der Waals surface area contributed by atoms with E-state index in [1.165, 1.54) is 44.7 Å². The second kappa shape index (κ2) is 12.7. The van der Waals surface area contributed by atoms with E-state index in [0.29, 0.717) is 22.8 Å². The van der Waals surface area contributed by atoms with Gasteiger partial charge in [-0.15, -0.1) is 0 Å². The van der Waals surface area contributed by atoms with E-state index in [4.69, 9.17) is 9.47 Å².